The van der Waals surface area contributed by atoms with Gasteiger partial charge in [0.15, 0.2) is 0 Å². The molecular weight excluding hydrogens is 284 g/mol. The molecule has 3 N–H and O–H groups in total. The highest BCUT2D eigenvalue weighted by atomic mass is 32.2. The van der Waals surface area contributed by atoms with Crippen molar-refractivity contribution in [2.45, 2.75) is 18.4 Å². The predicted molar refractivity (Wildman–Crippen MR) is 69.7 cm³/mol. The molecule has 0 aliphatic rings. The Balaban J connectivity index is 2.20. The van der Waals surface area contributed by atoms with E-state index in [4.69, 9.17) is 5.11 Å². The normalized spacial score (nSPS) is 11.7. The first kappa shape index (κ1) is 14.3. The lowest BCUT2D eigenvalue weighted by atomic mass is 10.3. The lowest BCUT2D eigenvalue weighted by Gasteiger charge is -2.03. The number of aromatic amines is 1. The van der Waals surface area contributed by atoms with Gasteiger partial charge in [0.05, 0.1) is 6.20 Å². The standard InChI is InChI=1S/C11H14N4O4S/c1-7-8(4-12-14-7)5-13-20(18,19)9-3-10(11(16)17)15(2)6-9/h3-4,6,13H,5H2,1-2H3,(H,12,14)(H,16,17). The molecule has 8 nitrogen and oxygen atoms in total. The monoisotopic (exact) mass is 298 g/mol. The third kappa shape index (κ3) is 2.73. The smallest absolute Gasteiger partial charge is 0.352 e. The van der Waals surface area contributed by atoms with Gasteiger partial charge in [-0.15, -0.1) is 0 Å². The van der Waals surface area contributed by atoms with Gasteiger partial charge in [0.1, 0.15) is 10.6 Å². The van der Waals surface area contributed by atoms with Gasteiger partial charge in [-0.25, -0.2) is 17.9 Å². The van der Waals surface area contributed by atoms with E-state index in [1.807, 2.05) is 0 Å². The Kier molecular flexibility index (Phi) is 3.64. The molecule has 2 aromatic heterocycles. The van der Waals surface area contributed by atoms with E-state index in [-0.39, 0.29) is 17.1 Å². The summed E-state index contributed by atoms with van der Waals surface area (Å²) < 4.78 is 27.8. The van der Waals surface area contributed by atoms with Crippen LogP contribution in [-0.4, -0.2) is 34.3 Å². The number of aromatic carboxylic acids is 1. The van der Waals surface area contributed by atoms with Crippen molar-refractivity contribution in [1.29, 1.82) is 0 Å². The van der Waals surface area contributed by atoms with Crippen molar-refractivity contribution in [2.24, 2.45) is 7.05 Å². The van der Waals surface area contributed by atoms with Gasteiger partial charge in [-0.3, -0.25) is 5.10 Å². The minimum Gasteiger partial charge on any atom is -0.477 e. The molecule has 0 unspecified atom stereocenters. The van der Waals surface area contributed by atoms with Crippen molar-refractivity contribution in [3.05, 3.63) is 35.4 Å². The van der Waals surface area contributed by atoms with E-state index in [1.54, 1.807) is 6.92 Å². The number of carboxylic acids is 1. The van der Waals surface area contributed by atoms with Gasteiger partial charge in [-0.2, -0.15) is 5.10 Å². The Bertz CT molecular complexity index is 744. The topological polar surface area (TPSA) is 117 Å². The SMILES string of the molecule is Cc1[nH]ncc1CNS(=O)(=O)c1cc(C(=O)O)n(C)c1. The predicted octanol–water partition coefficient (Wildman–Crippen LogP) is 0.233. The van der Waals surface area contributed by atoms with Gasteiger partial charge >= 0.3 is 5.97 Å². The Labute approximate surface area is 115 Å². The third-order valence-corrected chi connectivity index (χ3v) is 4.26. The van der Waals surface area contributed by atoms with Crippen molar-refractivity contribution < 1.29 is 18.3 Å². The molecule has 0 saturated carbocycles. The van der Waals surface area contributed by atoms with Gasteiger partial charge in [0.25, 0.3) is 0 Å². The fourth-order valence-corrected chi connectivity index (χ4v) is 2.78. The highest BCUT2D eigenvalue weighted by molar-refractivity contribution is 7.89. The van der Waals surface area contributed by atoms with E-state index in [0.29, 0.717) is 0 Å². The van der Waals surface area contributed by atoms with Crippen LogP contribution >= 0.6 is 0 Å². The van der Waals surface area contributed by atoms with E-state index in [2.05, 4.69) is 14.9 Å². The molecule has 0 aliphatic carbocycles. The Morgan fingerprint density at radius 2 is 2.25 bits per heavy atom. The lowest BCUT2D eigenvalue weighted by Crippen LogP contribution is -2.23. The fourth-order valence-electron chi connectivity index (χ4n) is 1.70. The van der Waals surface area contributed by atoms with E-state index in [0.717, 1.165) is 17.3 Å². The maximum Gasteiger partial charge on any atom is 0.352 e. The van der Waals surface area contributed by atoms with Gasteiger partial charge in [0.2, 0.25) is 10.0 Å². The number of nitrogens with one attached hydrogen (secondary N) is 2. The molecule has 0 fully saturated rings. The third-order valence-electron chi connectivity index (χ3n) is 2.90. The summed E-state index contributed by atoms with van der Waals surface area (Å²) in [5.74, 6) is -1.18. The van der Waals surface area contributed by atoms with Crippen LogP contribution in [0, 0.1) is 6.92 Å². The molecule has 0 atom stereocenters. The maximum atomic E-state index is 12.1. The summed E-state index contributed by atoms with van der Waals surface area (Å²) in [7, 11) is -2.29. The van der Waals surface area contributed by atoms with Crippen molar-refractivity contribution in [3.63, 3.8) is 0 Å². The molecule has 0 radical (unpaired) electrons. The molecule has 0 aromatic carbocycles. The van der Waals surface area contributed by atoms with Crippen LogP contribution in [0.1, 0.15) is 21.7 Å². The van der Waals surface area contributed by atoms with Crippen molar-refractivity contribution >= 4 is 16.0 Å². The largest absolute Gasteiger partial charge is 0.477 e. The molecule has 2 rings (SSSR count). The molecule has 0 amide bonds. The number of nitrogens with zero attached hydrogens (tertiary/aromatic N) is 2. The van der Waals surface area contributed by atoms with Crippen LogP contribution in [0.3, 0.4) is 0 Å². The number of hydrogen-bond donors (Lipinski definition) is 3. The number of aryl methyl sites for hydroxylation is 2. The molecule has 2 aromatic rings. The van der Waals surface area contributed by atoms with Crippen LogP contribution in [0.4, 0.5) is 0 Å². The second-order valence-electron chi connectivity index (χ2n) is 4.32. The minimum atomic E-state index is -3.76. The zero-order chi connectivity index (χ0) is 14.9. The minimum absolute atomic E-state index is 0.0847. The molecule has 0 aliphatic heterocycles. The first-order valence-electron chi connectivity index (χ1n) is 5.69. The second-order valence-corrected chi connectivity index (χ2v) is 6.09. The summed E-state index contributed by atoms with van der Waals surface area (Å²) in [6, 6.07) is 1.12. The number of aromatic nitrogens is 3. The lowest BCUT2D eigenvalue weighted by molar-refractivity contribution is 0.0686. The quantitative estimate of drug-likeness (QED) is 0.730. The van der Waals surface area contributed by atoms with Crippen LogP contribution in [0.25, 0.3) is 0 Å². The average molecular weight is 298 g/mol. The van der Waals surface area contributed by atoms with Crippen molar-refractivity contribution in [1.82, 2.24) is 19.5 Å². The molecular formula is C11H14N4O4S. The summed E-state index contributed by atoms with van der Waals surface area (Å²) in [6.45, 7) is 1.86. The highest BCUT2D eigenvalue weighted by Crippen LogP contribution is 2.14. The first-order chi connectivity index (χ1) is 9.31. The number of H-pyrrole nitrogens is 1. The zero-order valence-corrected chi connectivity index (χ0v) is 11.7. The van der Waals surface area contributed by atoms with Crippen molar-refractivity contribution in [2.75, 3.05) is 0 Å². The van der Waals surface area contributed by atoms with E-state index < -0.39 is 16.0 Å². The Morgan fingerprint density at radius 3 is 2.75 bits per heavy atom. The summed E-state index contributed by atoms with van der Waals surface area (Å²) in [5.41, 5.74) is 1.40. The highest BCUT2D eigenvalue weighted by Gasteiger charge is 2.20. The molecule has 0 spiro atoms. The Morgan fingerprint density at radius 1 is 1.55 bits per heavy atom. The van der Waals surface area contributed by atoms with E-state index >= 15 is 0 Å². The molecule has 9 heteroatoms. The summed E-state index contributed by atoms with van der Waals surface area (Å²) in [6.07, 6.45) is 2.79. The molecule has 0 bridgehead atoms. The number of hydrogen-bond acceptors (Lipinski definition) is 4. The molecule has 20 heavy (non-hydrogen) atoms. The first-order valence-corrected chi connectivity index (χ1v) is 7.18. The fraction of sp³-hybridized carbons (Fsp3) is 0.273. The number of sulfonamides is 1. The molecule has 108 valence electrons. The summed E-state index contributed by atoms with van der Waals surface area (Å²) in [5, 5.41) is 15.4. The van der Waals surface area contributed by atoms with Crippen LogP contribution in [0.15, 0.2) is 23.4 Å². The van der Waals surface area contributed by atoms with Crippen LogP contribution < -0.4 is 4.72 Å². The van der Waals surface area contributed by atoms with Crippen molar-refractivity contribution in [3.8, 4) is 0 Å². The summed E-state index contributed by atoms with van der Waals surface area (Å²) >= 11 is 0. The number of carboxylic acid groups (broad SMARTS) is 1. The van der Waals surface area contributed by atoms with Crippen LogP contribution in [0.5, 0.6) is 0 Å². The van der Waals surface area contributed by atoms with Gasteiger partial charge in [-0.05, 0) is 13.0 Å². The number of rotatable bonds is 5. The van der Waals surface area contributed by atoms with Gasteiger partial charge in [0, 0.05) is 31.0 Å². The van der Waals surface area contributed by atoms with E-state index in [1.165, 1.54) is 24.0 Å². The summed E-state index contributed by atoms with van der Waals surface area (Å²) in [4.78, 5) is 10.8. The number of carbonyl (C=O) groups is 1. The van der Waals surface area contributed by atoms with Gasteiger partial charge < -0.3 is 9.67 Å². The second kappa shape index (κ2) is 5.10. The molecule has 0 saturated heterocycles. The van der Waals surface area contributed by atoms with E-state index in [9.17, 15) is 13.2 Å². The molecule has 2 heterocycles. The van der Waals surface area contributed by atoms with Crippen LogP contribution in [0.2, 0.25) is 0 Å². The zero-order valence-electron chi connectivity index (χ0n) is 10.9. The van der Waals surface area contributed by atoms with Crippen LogP contribution in [-0.2, 0) is 23.6 Å². The Hall–Kier alpha value is -2.13. The average Bonchev–Trinajstić information content (AvgIpc) is 2.93. The maximum absolute atomic E-state index is 12.1. The van der Waals surface area contributed by atoms with Gasteiger partial charge in [-0.1, -0.05) is 0 Å².